The highest BCUT2D eigenvalue weighted by Gasteiger charge is 2.20. The molecule has 0 aliphatic heterocycles. The van der Waals surface area contributed by atoms with Gasteiger partial charge in [0.2, 0.25) is 0 Å². The van der Waals surface area contributed by atoms with Crippen LogP contribution >= 0.6 is 11.3 Å². The molecule has 0 spiro atoms. The monoisotopic (exact) mass is 630 g/mol. The molecule has 7 aromatic carbocycles. The topological polar surface area (TPSA) is 38.9 Å². The minimum absolute atomic E-state index is 0.692. The highest BCUT2D eigenvalue weighted by Crippen LogP contribution is 2.43. The van der Waals surface area contributed by atoms with E-state index in [2.05, 4.69) is 146 Å². The van der Waals surface area contributed by atoms with Gasteiger partial charge in [-0.15, -0.1) is 11.3 Å². The fraction of sp³-hybridized carbons (Fsp3) is 0. The molecule has 0 amide bonds. The van der Waals surface area contributed by atoms with Crippen LogP contribution in [0.25, 0.3) is 97.9 Å². The van der Waals surface area contributed by atoms with E-state index in [1.165, 1.54) is 36.5 Å². The van der Waals surface area contributed by atoms with E-state index in [0.29, 0.717) is 5.82 Å². The van der Waals surface area contributed by atoms with E-state index in [-0.39, 0.29) is 0 Å². The van der Waals surface area contributed by atoms with Crippen molar-refractivity contribution in [2.45, 2.75) is 0 Å². The summed E-state index contributed by atoms with van der Waals surface area (Å²) in [4.78, 5) is 10.7. The molecule has 10 rings (SSSR count). The quantitative estimate of drug-likeness (QED) is 0.194. The maximum atomic E-state index is 6.53. The van der Waals surface area contributed by atoms with Crippen LogP contribution in [0, 0.1) is 0 Å². The predicted molar refractivity (Wildman–Crippen MR) is 201 cm³/mol. The second-order valence-electron chi connectivity index (χ2n) is 12.1. The highest BCUT2D eigenvalue weighted by atomic mass is 32.1. The molecule has 48 heavy (non-hydrogen) atoms. The summed E-state index contributed by atoms with van der Waals surface area (Å²) in [6.07, 6.45) is 0. The molecule has 0 saturated carbocycles. The zero-order valence-electron chi connectivity index (χ0n) is 25.7. The van der Waals surface area contributed by atoms with Crippen LogP contribution < -0.4 is 0 Å². The standard InChI is InChI=1S/C44H26N2OS/c1-2-14-28-27(12-1)13-9-19-29(28)30-15-3-4-16-31(30)37-26-38(34-21-10-20-33-32-17-5-7-23-39(32)47-43(33)34)46-44(45-37)36-22-11-25-41-42(36)35-18-6-8-24-40(35)48-41/h1-26H. The van der Waals surface area contributed by atoms with Gasteiger partial charge in [0.15, 0.2) is 5.82 Å². The molecule has 0 unspecified atom stereocenters. The van der Waals surface area contributed by atoms with Crippen molar-refractivity contribution >= 4 is 64.2 Å². The summed E-state index contributed by atoms with van der Waals surface area (Å²) in [5.41, 5.74) is 8.71. The normalized spacial score (nSPS) is 11.8. The largest absolute Gasteiger partial charge is 0.455 e. The number of hydrogen-bond acceptors (Lipinski definition) is 4. The third-order valence-corrected chi connectivity index (χ3v) is 10.5. The summed E-state index contributed by atoms with van der Waals surface area (Å²) in [6, 6.07) is 55.4. The molecule has 3 heterocycles. The van der Waals surface area contributed by atoms with Crippen molar-refractivity contribution in [2.75, 3.05) is 0 Å². The van der Waals surface area contributed by atoms with E-state index >= 15 is 0 Å². The van der Waals surface area contributed by atoms with Gasteiger partial charge in [0.25, 0.3) is 0 Å². The van der Waals surface area contributed by atoms with Gasteiger partial charge in [-0.3, -0.25) is 0 Å². The van der Waals surface area contributed by atoms with Crippen molar-refractivity contribution < 1.29 is 4.42 Å². The minimum atomic E-state index is 0.692. The van der Waals surface area contributed by atoms with Gasteiger partial charge in [0, 0.05) is 47.6 Å². The molecule has 3 nitrogen and oxygen atoms in total. The van der Waals surface area contributed by atoms with E-state index < -0.39 is 0 Å². The van der Waals surface area contributed by atoms with Crippen molar-refractivity contribution in [2.24, 2.45) is 0 Å². The van der Waals surface area contributed by atoms with Crippen LogP contribution in [-0.4, -0.2) is 9.97 Å². The molecule has 0 N–H and O–H groups in total. The third kappa shape index (κ3) is 4.20. The molecule has 0 atom stereocenters. The van der Waals surface area contributed by atoms with E-state index in [0.717, 1.165) is 55.6 Å². The Labute approximate surface area is 280 Å². The Kier molecular flexibility index (Phi) is 6.05. The molecule has 224 valence electrons. The Morgan fingerprint density at radius 2 is 1.00 bits per heavy atom. The Hall–Kier alpha value is -6.10. The lowest BCUT2D eigenvalue weighted by atomic mass is 9.92. The smallest absolute Gasteiger partial charge is 0.161 e. The zero-order chi connectivity index (χ0) is 31.6. The molecule has 0 bridgehead atoms. The molecule has 0 aliphatic rings. The summed E-state index contributed by atoms with van der Waals surface area (Å²) in [6.45, 7) is 0. The lowest BCUT2D eigenvalue weighted by molar-refractivity contribution is 0.670. The van der Waals surface area contributed by atoms with Crippen molar-refractivity contribution in [3.05, 3.63) is 158 Å². The van der Waals surface area contributed by atoms with E-state index in [4.69, 9.17) is 14.4 Å². The predicted octanol–water partition coefficient (Wildman–Crippen LogP) is 12.6. The van der Waals surface area contributed by atoms with Crippen LogP contribution in [-0.2, 0) is 0 Å². The van der Waals surface area contributed by atoms with Crippen LogP contribution in [0.4, 0.5) is 0 Å². The third-order valence-electron chi connectivity index (χ3n) is 9.33. The molecule has 0 fully saturated rings. The summed E-state index contributed by atoms with van der Waals surface area (Å²) in [5.74, 6) is 0.692. The summed E-state index contributed by atoms with van der Waals surface area (Å²) < 4.78 is 9.00. The van der Waals surface area contributed by atoms with Gasteiger partial charge in [0.05, 0.1) is 11.4 Å². The number of nitrogens with zero attached hydrogens (tertiary/aromatic N) is 2. The first kappa shape index (κ1) is 27.1. The number of furan rings is 1. The fourth-order valence-electron chi connectivity index (χ4n) is 7.16. The first-order chi connectivity index (χ1) is 23.8. The Bertz CT molecular complexity index is 2860. The van der Waals surface area contributed by atoms with Crippen molar-refractivity contribution in [3.8, 4) is 45.0 Å². The van der Waals surface area contributed by atoms with Gasteiger partial charge in [-0.25, -0.2) is 9.97 Å². The number of benzene rings is 7. The number of thiophene rings is 1. The average Bonchev–Trinajstić information content (AvgIpc) is 3.73. The zero-order valence-corrected chi connectivity index (χ0v) is 26.5. The van der Waals surface area contributed by atoms with Gasteiger partial charge in [-0.1, -0.05) is 127 Å². The van der Waals surface area contributed by atoms with Gasteiger partial charge >= 0.3 is 0 Å². The van der Waals surface area contributed by atoms with E-state index in [1.54, 1.807) is 11.3 Å². The van der Waals surface area contributed by atoms with Crippen molar-refractivity contribution in [3.63, 3.8) is 0 Å². The summed E-state index contributed by atoms with van der Waals surface area (Å²) in [5, 5.41) is 7.00. The number of hydrogen-bond donors (Lipinski definition) is 0. The van der Waals surface area contributed by atoms with Gasteiger partial charge in [-0.2, -0.15) is 0 Å². The number of aromatic nitrogens is 2. The number of rotatable bonds is 4. The lowest BCUT2D eigenvalue weighted by Gasteiger charge is -2.15. The number of fused-ring (bicyclic) bond motifs is 7. The molecular weight excluding hydrogens is 605 g/mol. The average molecular weight is 631 g/mol. The SMILES string of the molecule is c1ccc(-c2cccc3ccccc23)c(-c2cc(-c3cccc4c3oc3ccccc34)nc(-c3cccc4sc5ccccc5c34)n2)c1. The van der Waals surface area contributed by atoms with Crippen molar-refractivity contribution in [1.29, 1.82) is 0 Å². The lowest BCUT2D eigenvalue weighted by Crippen LogP contribution is -1.98. The molecule has 0 saturated heterocycles. The van der Waals surface area contributed by atoms with Crippen LogP contribution in [0.2, 0.25) is 0 Å². The molecule has 0 aliphatic carbocycles. The minimum Gasteiger partial charge on any atom is -0.455 e. The fourth-order valence-corrected chi connectivity index (χ4v) is 8.29. The maximum Gasteiger partial charge on any atom is 0.161 e. The Morgan fingerprint density at radius 3 is 1.92 bits per heavy atom. The van der Waals surface area contributed by atoms with Gasteiger partial charge < -0.3 is 4.42 Å². The van der Waals surface area contributed by atoms with E-state index in [1.807, 2.05) is 12.1 Å². The number of para-hydroxylation sites is 2. The summed E-state index contributed by atoms with van der Waals surface area (Å²) >= 11 is 1.81. The molecule has 4 heteroatoms. The first-order valence-electron chi connectivity index (χ1n) is 16.1. The summed E-state index contributed by atoms with van der Waals surface area (Å²) in [7, 11) is 0. The van der Waals surface area contributed by atoms with Crippen LogP contribution in [0.5, 0.6) is 0 Å². The molecule has 10 aromatic rings. The van der Waals surface area contributed by atoms with Crippen LogP contribution in [0.15, 0.2) is 162 Å². The second-order valence-corrected chi connectivity index (χ2v) is 13.2. The first-order valence-corrected chi connectivity index (χ1v) is 16.9. The molecule has 0 radical (unpaired) electrons. The van der Waals surface area contributed by atoms with E-state index in [9.17, 15) is 0 Å². The van der Waals surface area contributed by atoms with Crippen molar-refractivity contribution in [1.82, 2.24) is 9.97 Å². The van der Waals surface area contributed by atoms with Gasteiger partial charge in [-0.05, 0) is 52.2 Å². The van der Waals surface area contributed by atoms with Gasteiger partial charge in [0.1, 0.15) is 11.2 Å². The second kappa shape index (κ2) is 10.7. The Balaban J connectivity index is 1.28. The highest BCUT2D eigenvalue weighted by molar-refractivity contribution is 7.25. The molecule has 3 aromatic heterocycles. The Morgan fingerprint density at radius 1 is 0.417 bits per heavy atom. The van der Waals surface area contributed by atoms with Crippen LogP contribution in [0.1, 0.15) is 0 Å². The van der Waals surface area contributed by atoms with Crippen LogP contribution in [0.3, 0.4) is 0 Å². The maximum absolute atomic E-state index is 6.53. The molecular formula is C44H26N2OS.